The van der Waals surface area contributed by atoms with Crippen LogP contribution in [0.2, 0.25) is 0 Å². The predicted molar refractivity (Wildman–Crippen MR) is 158 cm³/mol. The van der Waals surface area contributed by atoms with Crippen molar-refractivity contribution in [2.45, 2.75) is 19.0 Å². The number of amides is 2. The average Bonchev–Trinajstić information content (AvgIpc) is 3.02. The van der Waals surface area contributed by atoms with Gasteiger partial charge in [-0.25, -0.2) is 0 Å². The van der Waals surface area contributed by atoms with Crippen molar-refractivity contribution in [2.75, 3.05) is 33.8 Å². The first-order valence-corrected chi connectivity index (χ1v) is 13.1. The summed E-state index contributed by atoms with van der Waals surface area (Å²) in [5.74, 6) is 1.77. The van der Waals surface area contributed by atoms with E-state index in [-0.39, 0.29) is 18.9 Å². The van der Waals surface area contributed by atoms with E-state index in [1.54, 1.807) is 68.7 Å². The van der Waals surface area contributed by atoms with Crippen molar-refractivity contribution in [3.05, 3.63) is 114 Å². The highest BCUT2D eigenvalue weighted by atomic mass is 16.5. The number of hydrogen-bond acceptors (Lipinski definition) is 6. The van der Waals surface area contributed by atoms with Gasteiger partial charge in [0.15, 0.2) is 0 Å². The van der Waals surface area contributed by atoms with Gasteiger partial charge in [0.05, 0.1) is 40.5 Å². The van der Waals surface area contributed by atoms with Gasteiger partial charge in [0.25, 0.3) is 5.91 Å². The summed E-state index contributed by atoms with van der Waals surface area (Å²) in [7, 11) is 6.25. The lowest BCUT2D eigenvalue weighted by molar-refractivity contribution is -0.139. The summed E-state index contributed by atoms with van der Waals surface area (Å²) < 4.78 is 21.4. The molecule has 0 radical (unpaired) electrons. The molecule has 0 fully saturated rings. The fraction of sp³-hybridized carbons (Fsp3) is 0.212. The molecule has 0 saturated carbocycles. The fourth-order valence-corrected chi connectivity index (χ4v) is 4.49. The predicted octanol–water partition coefficient (Wildman–Crippen LogP) is 5.67. The number of carbonyl (C=O) groups excluding carboxylic acids is 2. The van der Waals surface area contributed by atoms with Gasteiger partial charge < -0.3 is 29.2 Å². The van der Waals surface area contributed by atoms with Crippen molar-refractivity contribution in [1.29, 1.82) is 0 Å². The van der Waals surface area contributed by atoms with Gasteiger partial charge in [0.2, 0.25) is 5.91 Å². The minimum atomic E-state index is -0.967. The van der Waals surface area contributed by atoms with E-state index in [2.05, 4.69) is 5.32 Å². The summed E-state index contributed by atoms with van der Waals surface area (Å²) in [4.78, 5) is 29.7. The molecule has 0 heterocycles. The van der Waals surface area contributed by atoms with Crippen molar-refractivity contribution in [2.24, 2.45) is 0 Å². The largest absolute Gasteiger partial charge is 0.497 e. The zero-order valence-corrected chi connectivity index (χ0v) is 23.6. The number of nitrogens with zero attached hydrogens (tertiary/aromatic N) is 1. The molecule has 0 aromatic heterocycles. The van der Waals surface area contributed by atoms with Crippen LogP contribution in [-0.4, -0.2) is 45.2 Å². The van der Waals surface area contributed by atoms with Gasteiger partial charge in [0, 0.05) is 12.6 Å². The molecule has 4 rings (SSSR count). The molecule has 4 aromatic carbocycles. The van der Waals surface area contributed by atoms with Gasteiger partial charge in [-0.05, 0) is 53.1 Å². The van der Waals surface area contributed by atoms with E-state index < -0.39 is 11.9 Å². The highest BCUT2D eigenvalue weighted by Gasteiger charge is 2.32. The standard InChI is InChI=1S/C33H34N2O6/c1-38-26-14-10-24(11-15-26)22-35(31(36)20-23-8-6-5-7-9-23)32(25-12-16-27(39-2)17-13-25)33(37)34-29-19-18-28(40-3)21-30(29)41-4/h5-19,21,32H,20,22H2,1-4H3,(H,34,37). The van der Waals surface area contributed by atoms with Crippen LogP contribution in [0.25, 0.3) is 0 Å². The zero-order valence-electron chi connectivity index (χ0n) is 23.6. The Balaban J connectivity index is 1.76. The Hall–Kier alpha value is -4.98. The van der Waals surface area contributed by atoms with Crippen molar-refractivity contribution in [1.82, 2.24) is 4.90 Å². The first-order valence-electron chi connectivity index (χ1n) is 13.1. The van der Waals surface area contributed by atoms with Crippen molar-refractivity contribution < 1.29 is 28.5 Å². The second-order valence-corrected chi connectivity index (χ2v) is 9.26. The summed E-state index contributed by atoms with van der Waals surface area (Å²) in [6.45, 7) is 0.194. The molecule has 0 spiro atoms. The Labute approximate surface area is 240 Å². The number of hydrogen-bond donors (Lipinski definition) is 1. The maximum absolute atomic E-state index is 14.1. The van der Waals surface area contributed by atoms with E-state index in [1.165, 1.54) is 7.11 Å². The Kier molecular flexibility index (Phi) is 9.83. The van der Waals surface area contributed by atoms with Gasteiger partial charge >= 0.3 is 0 Å². The maximum Gasteiger partial charge on any atom is 0.251 e. The number of benzene rings is 4. The summed E-state index contributed by atoms with van der Waals surface area (Å²) in [5.41, 5.74) is 2.78. The van der Waals surface area contributed by atoms with E-state index in [0.717, 1.165) is 11.1 Å². The molecule has 8 heteroatoms. The van der Waals surface area contributed by atoms with E-state index in [4.69, 9.17) is 18.9 Å². The third kappa shape index (κ3) is 7.36. The summed E-state index contributed by atoms with van der Waals surface area (Å²) in [5, 5.41) is 2.98. The minimum Gasteiger partial charge on any atom is -0.497 e. The molecule has 41 heavy (non-hydrogen) atoms. The van der Waals surface area contributed by atoms with Crippen molar-refractivity contribution in [3.63, 3.8) is 0 Å². The van der Waals surface area contributed by atoms with Gasteiger partial charge in [-0.2, -0.15) is 0 Å². The first kappa shape index (κ1) is 29.0. The topological polar surface area (TPSA) is 86.3 Å². The number of nitrogens with one attached hydrogen (secondary N) is 1. The van der Waals surface area contributed by atoms with Crippen LogP contribution in [0, 0.1) is 0 Å². The second-order valence-electron chi connectivity index (χ2n) is 9.26. The fourth-order valence-electron chi connectivity index (χ4n) is 4.49. The Morgan fingerprint density at radius 1 is 0.683 bits per heavy atom. The molecule has 8 nitrogen and oxygen atoms in total. The normalized spacial score (nSPS) is 11.2. The van der Waals surface area contributed by atoms with Crippen LogP contribution >= 0.6 is 0 Å². The highest BCUT2D eigenvalue weighted by molar-refractivity contribution is 5.99. The maximum atomic E-state index is 14.1. The van der Waals surface area contributed by atoms with Crippen LogP contribution in [0.4, 0.5) is 5.69 Å². The lowest BCUT2D eigenvalue weighted by Crippen LogP contribution is -2.41. The van der Waals surface area contributed by atoms with Crippen LogP contribution in [0.15, 0.2) is 97.1 Å². The van der Waals surface area contributed by atoms with Gasteiger partial charge in [-0.1, -0.05) is 54.6 Å². The SMILES string of the molecule is COc1ccc(CN(C(=O)Cc2ccccc2)C(C(=O)Nc2ccc(OC)cc2OC)c2ccc(OC)cc2)cc1. The quantitative estimate of drug-likeness (QED) is 0.243. The molecule has 0 aliphatic rings. The van der Waals surface area contributed by atoms with Crippen molar-refractivity contribution in [3.8, 4) is 23.0 Å². The summed E-state index contributed by atoms with van der Waals surface area (Å²) in [6, 6.07) is 28.2. The van der Waals surface area contributed by atoms with Crippen LogP contribution in [-0.2, 0) is 22.6 Å². The van der Waals surface area contributed by atoms with E-state index in [1.807, 2.05) is 54.6 Å². The number of anilines is 1. The molecular formula is C33H34N2O6. The van der Waals surface area contributed by atoms with Gasteiger partial charge in [-0.15, -0.1) is 0 Å². The van der Waals surface area contributed by atoms with Crippen molar-refractivity contribution >= 4 is 17.5 Å². The highest BCUT2D eigenvalue weighted by Crippen LogP contribution is 2.32. The minimum absolute atomic E-state index is 0.128. The molecule has 4 aromatic rings. The number of carbonyl (C=O) groups is 2. The summed E-state index contributed by atoms with van der Waals surface area (Å²) in [6.07, 6.45) is 0.128. The van der Waals surface area contributed by atoms with E-state index in [0.29, 0.717) is 34.2 Å². The van der Waals surface area contributed by atoms with E-state index >= 15 is 0 Å². The van der Waals surface area contributed by atoms with Gasteiger partial charge in [0.1, 0.15) is 29.0 Å². The molecule has 0 saturated heterocycles. The first-order chi connectivity index (χ1) is 19.9. The Morgan fingerprint density at radius 3 is 1.85 bits per heavy atom. The third-order valence-corrected chi connectivity index (χ3v) is 6.69. The Bertz CT molecular complexity index is 1440. The van der Waals surface area contributed by atoms with Crippen LogP contribution in [0.1, 0.15) is 22.7 Å². The molecule has 0 aliphatic carbocycles. The molecule has 2 amide bonds. The molecule has 1 atom stereocenters. The average molecular weight is 555 g/mol. The molecule has 1 N–H and O–H groups in total. The van der Waals surface area contributed by atoms with Crippen LogP contribution < -0.4 is 24.3 Å². The number of methoxy groups -OCH3 is 4. The van der Waals surface area contributed by atoms with E-state index in [9.17, 15) is 9.59 Å². The number of ether oxygens (including phenoxy) is 4. The molecule has 1 unspecified atom stereocenters. The molecule has 0 aliphatic heterocycles. The van der Waals surface area contributed by atoms with Gasteiger partial charge in [-0.3, -0.25) is 9.59 Å². The zero-order chi connectivity index (χ0) is 29.2. The smallest absolute Gasteiger partial charge is 0.251 e. The molecule has 0 bridgehead atoms. The summed E-state index contributed by atoms with van der Waals surface area (Å²) >= 11 is 0. The Morgan fingerprint density at radius 2 is 1.27 bits per heavy atom. The monoisotopic (exact) mass is 554 g/mol. The lowest BCUT2D eigenvalue weighted by Gasteiger charge is -2.32. The molecule has 212 valence electrons. The second kappa shape index (κ2) is 13.9. The molecular weight excluding hydrogens is 520 g/mol. The number of rotatable bonds is 12. The third-order valence-electron chi connectivity index (χ3n) is 6.69. The van der Waals surface area contributed by atoms with Crippen LogP contribution in [0.3, 0.4) is 0 Å². The van der Waals surface area contributed by atoms with Crippen LogP contribution in [0.5, 0.6) is 23.0 Å². The lowest BCUT2D eigenvalue weighted by atomic mass is 10.0.